The second-order valence-electron chi connectivity index (χ2n) is 9.13. The second kappa shape index (κ2) is 11.6. The van der Waals surface area contributed by atoms with Gasteiger partial charge in [0.2, 0.25) is 0 Å². The fraction of sp³-hybridized carbons (Fsp3) is 0.357. The van der Waals surface area contributed by atoms with Crippen LogP contribution in [0, 0.1) is 12.8 Å². The maximum absolute atomic E-state index is 12.6. The first-order chi connectivity index (χ1) is 16.7. The van der Waals surface area contributed by atoms with Crippen LogP contribution in [0.4, 0.5) is 5.69 Å². The molecule has 0 saturated carbocycles. The van der Waals surface area contributed by atoms with Gasteiger partial charge in [0, 0.05) is 36.0 Å². The van der Waals surface area contributed by atoms with Gasteiger partial charge in [-0.15, -0.1) is 0 Å². The number of aliphatic carboxylic acids is 1. The Kier molecular flexibility index (Phi) is 8.58. The van der Waals surface area contributed by atoms with Crippen molar-refractivity contribution in [3.8, 4) is 17.1 Å². The number of furan rings is 1. The summed E-state index contributed by atoms with van der Waals surface area (Å²) in [6.45, 7) is 6.51. The maximum atomic E-state index is 12.6. The molecule has 0 radical (unpaired) electrons. The molecule has 0 fully saturated rings. The molecule has 0 aliphatic heterocycles. The van der Waals surface area contributed by atoms with E-state index >= 15 is 0 Å². The van der Waals surface area contributed by atoms with E-state index in [0.717, 1.165) is 40.5 Å². The summed E-state index contributed by atoms with van der Waals surface area (Å²) >= 11 is 0. The summed E-state index contributed by atoms with van der Waals surface area (Å²) in [5.41, 5.74) is 3.45. The molecule has 1 unspecified atom stereocenters. The predicted molar refractivity (Wildman–Crippen MR) is 137 cm³/mol. The molecule has 0 bridgehead atoms. The lowest BCUT2D eigenvalue weighted by Crippen LogP contribution is -2.29. The van der Waals surface area contributed by atoms with E-state index in [2.05, 4.69) is 25.2 Å². The Balaban J connectivity index is 1.79. The number of hydrogen-bond acceptors (Lipinski definition) is 5. The Morgan fingerprint density at radius 2 is 1.83 bits per heavy atom. The monoisotopic (exact) mass is 478 g/mol. The van der Waals surface area contributed by atoms with Gasteiger partial charge in [-0.25, -0.2) is 0 Å². The molecule has 0 saturated heterocycles. The molecular formula is C28H34N2O5. The largest absolute Gasteiger partial charge is 0.497 e. The SMILES string of the molecule is COc1cccc(-c2cc(C(CC(C)C)Nc3ccc(C(=O)N(C)CCC(=O)O)cc3)c(C)o2)c1. The van der Waals surface area contributed by atoms with Crippen LogP contribution >= 0.6 is 0 Å². The van der Waals surface area contributed by atoms with Gasteiger partial charge in [-0.05, 0) is 61.7 Å². The van der Waals surface area contributed by atoms with Gasteiger partial charge in [0.25, 0.3) is 5.91 Å². The fourth-order valence-electron chi connectivity index (χ4n) is 3.99. The summed E-state index contributed by atoms with van der Waals surface area (Å²) in [4.78, 5) is 24.8. The first-order valence-electron chi connectivity index (χ1n) is 11.8. The molecule has 1 amide bonds. The molecule has 3 aromatic rings. The van der Waals surface area contributed by atoms with Gasteiger partial charge in [-0.1, -0.05) is 26.0 Å². The number of ether oxygens (including phenoxy) is 1. The van der Waals surface area contributed by atoms with E-state index in [4.69, 9.17) is 14.3 Å². The molecule has 1 atom stereocenters. The summed E-state index contributed by atoms with van der Waals surface area (Å²) in [6, 6.07) is 17.2. The molecule has 7 nitrogen and oxygen atoms in total. The van der Waals surface area contributed by atoms with Crippen molar-refractivity contribution < 1.29 is 23.8 Å². The molecule has 2 aromatic carbocycles. The number of rotatable bonds is 11. The number of carboxylic acids is 1. The molecule has 3 rings (SSSR count). The lowest BCUT2D eigenvalue weighted by Gasteiger charge is -2.22. The molecule has 1 heterocycles. The van der Waals surface area contributed by atoms with Gasteiger partial charge < -0.3 is 24.5 Å². The van der Waals surface area contributed by atoms with Crippen molar-refractivity contribution in [2.75, 3.05) is 26.0 Å². The lowest BCUT2D eigenvalue weighted by molar-refractivity contribution is -0.137. The van der Waals surface area contributed by atoms with Crippen molar-refractivity contribution in [1.82, 2.24) is 4.90 Å². The van der Waals surface area contributed by atoms with E-state index in [1.165, 1.54) is 4.90 Å². The van der Waals surface area contributed by atoms with Gasteiger partial charge in [0.05, 0.1) is 19.6 Å². The zero-order valence-electron chi connectivity index (χ0n) is 21.0. The summed E-state index contributed by atoms with van der Waals surface area (Å²) in [5.74, 6) is 1.74. The summed E-state index contributed by atoms with van der Waals surface area (Å²) < 4.78 is 11.5. The third kappa shape index (κ3) is 6.88. The minimum atomic E-state index is -0.926. The van der Waals surface area contributed by atoms with E-state index in [-0.39, 0.29) is 24.9 Å². The summed E-state index contributed by atoms with van der Waals surface area (Å²) in [7, 11) is 3.26. The van der Waals surface area contributed by atoms with Crippen molar-refractivity contribution in [2.45, 2.75) is 39.7 Å². The van der Waals surface area contributed by atoms with E-state index in [9.17, 15) is 9.59 Å². The highest BCUT2D eigenvalue weighted by molar-refractivity contribution is 5.94. The zero-order valence-corrected chi connectivity index (χ0v) is 21.0. The quantitative estimate of drug-likeness (QED) is 0.351. The number of amides is 1. The second-order valence-corrected chi connectivity index (χ2v) is 9.13. The van der Waals surface area contributed by atoms with Crippen molar-refractivity contribution in [1.29, 1.82) is 0 Å². The minimum Gasteiger partial charge on any atom is -0.497 e. The molecule has 2 N–H and O–H groups in total. The highest BCUT2D eigenvalue weighted by atomic mass is 16.5. The minimum absolute atomic E-state index is 0.0258. The number of anilines is 1. The van der Waals surface area contributed by atoms with Crippen LogP contribution in [0.15, 0.2) is 59.0 Å². The molecule has 35 heavy (non-hydrogen) atoms. The normalized spacial score (nSPS) is 11.8. The molecule has 0 aliphatic carbocycles. The summed E-state index contributed by atoms with van der Waals surface area (Å²) in [6.07, 6.45) is 0.817. The Labute approximate surface area is 206 Å². The van der Waals surface area contributed by atoms with Crippen LogP contribution in [-0.4, -0.2) is 42.6 Å². The number of aryl methyl sites for hydroxylation is 1. The van der Waals surface area contributed by atoms with Gasteiger partial charge in [0.1, 0.15) is 17.3 Å². The Hall–Kier alpha value is -3.74. The highest BCUT2D eigenvalue weighted by Gasteiger charge is 2.21. The number of benzene rings is 2. The average molecular weight is 479 g/mol. The van der Waals surface area contributed by atoms with Gasteiger partial charge in [-0.3, -0.25) is 9.59 Å². The predicted octanol–water partition coefficient (Wildman–Crippen LogP) is 6.01. The number of carbonyl (C=O) groups is 2. The first-order valence-corrected chi connectivity index (χ1v) is 11.8. The summed E-state index contributed by atoms with van der Waals surface area (Å²) in [5, 5.41) is 12.4. The molecule has 186 valence electrons. The number of nitrogens with one attached hydrogen (secondary N) is 1. The zero-order chi connectivity index (χ0) is 25.5. The van der Waals surface area contributed by atoms with Gasteiger partial charge in [-0.2, -0.15) is 0 Å². The first kappa shape index (κ1) is 25.9. The van der Waals surface area contributed by atoms with Crippen LogP contribution in [-0.2, 0) is 4.79 Å². The third-order valence-corrected chi connectivity index (χ3v) is 5.87. The lowest BCUT2D eigenvalue weighted by atomic mass is 9.96. The maximum Gasteiger partial charge on any atom is 0.305 e. The van der Waals surface area contributed by atoms with Gasteiger partial charge >= 0.3 is 5.97 Å². The van der Waals surface area contributed by atoms with E-state index in [0.29, 0.717) is 11.5 Å². The van der Waals surface area contributed by atoms with Crippen molar-refractivity contribution in [3.05, 3.63) is 71.5 Å². The third-order valence-electron chi connectivity index (χ3n) is 5.87. The van der Waals surface area contributed by atoms with Crippen LogP contribution in [0.2, 0.25) is 0 Å². The number of carboxylic acid groups (broad SMARTS) is 1. The fourth-order valence-corrected chi connectivity index (χ4v) is 3.99. The number of methoxy groups -OCH3 is 1. The topological polar surface area (TPSA) is 92.0 Å². The molecular weight excluding hydrogens is 444 g/mol. The van der Waals surface area contributed by atoms with Crippen molar-refractivity contribution in [3.63, 3.8) is 0 Å². The number of carbonyl (C=O) groups excluding carboxylic acids is 1. The molecule has 0 spiro atoms. The number of hydrogen-bond donors (Lipinski definition) is 2. The van der Waals surface area contributed by atoms with E-state index in [1.807, 2.05) is 43.3 Å². The Morgan fingerprint density at radius 3 is 2.46 bits per heavy atom. The van der Waals surface area contributed by atoms with E-state index in [1.54, 1.807) is 26.3 Å². The van der Waals surface area contributed by atoms with Crippen LogP contribution in [0.3, 0.4) is 0 Å². The average Bonchev–Trinajstić information content (AvgIpc) is 3.23. The Morgan fingerprint density at radius 1 is 1.11 bits per heavy atom. The molecule has 1 aromatic heterocycles. The van der Waals surface area contributed by atoms with Crippen LogP contribution in [0.5, 0.6) is 5.75 Å². The standard InChI is InChI=1S/C28H34N2O5/c1-18(2)15-25(24-17-26(35-19(24)3)21-7-6-8-23(16-21)34-5)29-22-11-9-20(10-12-22)28(33)30(4)14-13-27(31)32/h6-12,16-18,25,29H,13-15H2,1-5H3,(H,31,32). The van der Waals surface area contributed by atoms with Gasteiger partial charge in [0.15, 0.2) is 0 Å². The number of nitrogens with zero attached hydrogens (tertiary/aromatic N) is 1. The van der Waals surface area contributed by atoms with E-state index < -0.39 is 5.97 Å². The van der Waals surface area contributed by atoms with Crippen molar-refractivity contribution in [2.24, 2.45) is 5.92 Å². The Bertz CT molecular complexity index is 1150. The van der Waals surface area contributed by atoms with Crippen LogP contribution in [0.25, 0.3) is 11.3 Å². The highest BCUT2D eigenvalue weighted by Crippen LogP contribution is 2.35. The van der Waals surface area contributed by atoms with Crippen LogP contribution in [0.1, 0.15) is 54.4 Å². The molecule has 0 aliphatic rings. The smallest absolute Gasteiger partial charge is 0.305 e. The molecule has 7 heteroatoms. The van der Waals surface area contributed by atoms with Crippen molar-refractivity contribution >= 4 is 17.6 Å². The van der Waals surface area contributed by atoms with Crippen LogP contribution < -0.4 is 10.1 Å².